The van der Waals surface area contributed by atoms with Crippen LogP contribution in [0.3, 0.4) is 0 Å². The van der Waals surface area contributed by atoms with Crippen LogP contribution in [0.2, 0.25) is 0 Å². The third kappa shape index (κ3) is 1.77. The molecule has 2 N–H and O–H groups in total. The molecule has 0 radical (unpaired) electrons. The number of hydrogen-bond donors (Lipinski definition) is 1. The maximum absolute atomic E-state index is 10.8. The fraction of sp³-hybridized carbons (Fsp3) is 0.250. The lowest BCUT2D eigenvalue weighted by molar-refractivity contribution is 0.101. The number of hydrogen-bond acceptors (Lipinski definition) is 3. The highest BCUT2D eigenvalue weighted by Crippen LogP contribution is 2.06. The van der Waals surface area contributed by atoms with Crippen molar-refractivity contribution in [1.29, 1.82) is 0 Å². The molecule has 1 heterocycles. The Morgan fingerprint density at radius 1 is 1.55 bits per heavy atom. The van der Waals surface area contributed by atoms with Crippen LogP contribution < -0.4 is 5.73 Å². The summed E-state index contributed by atoms with van der Waals surface area (Å²) in [5.74, 6) is -0.0552. The molecule has 0 amide bonds. The second-order valence-electron chi connectivity index (χ2n) is 2.48. The molecule has 0 unspecified atom stereocenters. The van der Waals surface area contributed by atoms with E-state index < -0.39 is 0 Å². The Labute approximate surface area is 65.2 Å². The number of nitrogen functional groups attached to an aromatic ring is 1. The molecule has 3 heteroatoms. The summed E-state index contributed by atoms with van der Waals surface area (Å²) in [5, 5.41) is 0. The fourth-order valence-corrected chi connectivity index (χ4v) is 0.876. The molecule has 1 aromatic rings. The van der Waals surface area contributed by atoms with Gasteiger partial charge in [0.25, 0.3) is 0 Å². The smallest absolute Gasteiger partial charge is 0.178 e. The SMILES string of the molecule is CC(=O)c1cc(N)cc(C)n1. The minimum atomic E-state index is -0.0552. The van der Waals surface area contributed by atoms with Crippen LogP contribution in [0.15, 0.2) is 12.1 Å². The van der Waals surface area contributed by atoms with Crippen LogP contribution in [-0.4, -0.2) is 10.8 Å². The standard InChI is InChI=1S/C8H10N2O/c1-5-3-7(9)4-8(10-5)6(2)11/h3-4H,1-2H3,(H2,9,10). The van der Waals surface area contributed by atoms with Crippen molar-refractivity contribution in [2.45, 2.75) is 13.8 Å². The normalized spacial score (nSPS) is 9.64. The number of nitrogens with zero attached hydrogens (tertiary/aromatic N) is 1. The molecule has 0 bridgehead atoms. The predicted octanol–water partition coefficient (Wildman–Crippen LogP) is 1.17. The second kappa shape index (κ2) is 2.70. The zero-order chi connectivity index (χ0) is 8.43. The molecule has 0 saturated carbocycles. The van der Waals surface area contributed by atoms with Gasteiger partial charge in [-0.2, -0.15) is 0 Å². The van der Waals surface area contributed by atoms with Crippen LogP contribution in [0.1, 0.15) is 23.1 Å². The molecule has 0 aliphatic rings. The Balaban J connectivity index is 3.19. The molecule has 0 aromatic carbocycles. The van der Waals surface area contributed by atoms with Gasteiger partial charge >= 0.3 is 0 Å². The summed E-state index contributed by atoms with van der Waals surface area (Å²) in [6.07, 6.45) is 0. The number of nitrogens with two attached hydrogens (primary N) is 1. The largest absolute Gasteiger partial charge is 0.399 e. The first-order valence-electron chi connectivity index (χ1n) is 3.34. The van der Waals surface area contributed by atoms with Crippen molar-refractivity contribution in [3.63, 3.8) is 0 Å². The van der Waals surface area contributed by atoms with Crippen LogP contribution in [0.4, 0.5) is 5.69 Å². The summed E-state index contributed by atoms with van der Waals surface area (Å²) in [6, 6.07) is 3.31. The lowest BCUT2D eigenvalue weighted by atomic mass is 10.2. The van der Waals surface area contributed by atoms with Crippen LogP contribution >= 0.6 is 0 Å². The Morgan fingerprint density at radius 2 is 2.18 bits per heavy atom. The molecule has 0 fully saturated rings. The van der Waals surface area contributed by atoms with E-state index >= 15 is 0 Å². The minimum absolute atomic E-state index is 0.0552. The van der Waals surface area contributed by atoms with E-state index in [9.17, 15) is 4.79 Å². The Bertz CT molecular complexity index is 274. The van der Waals surface area contributed by atoms with Crippen molar-refractivity contribution in [2.24, 2.45) is 0 Å². The van der Waals surface area contributed by atoms with E-state index in [-0.39, 0.29) is 5.78 Å². The molecule has 1 aromatic heterocycles. The Morgan fingerprint density at radius 3 is 2.64 bits per heavy atom. The zero-order valence-corrected chi connectivity index (χ0v) is 6.59. The molecule has 0 atom stereocenters. The van der Waals surface area contributed by atoms with Crippen molar-refractivity contribution in [2.75, 3.05) is 5.73 Å². The van der Waals surface area contributed by atoms with Crippen molar-refractivity contribution < 1.29 is 4.79 Å². The van der Waals surface area contributed by atoms with Gasteiger partial charge < -0.3 is 5.73 Å². The second-order valence-corrected chi connectivity index (χ2v) is 2.48. The number of Topliss-reactive ketones (excluding diaryl/α,β-unsaturated/α-hetero) is 1. The third-order valence-electron chi connectivity index (χ3n) is 1.34. The number of aryl methyl sites for hydroxylation is 1. The number of carbonyl (C=O) groups is 1. The summed E-state index contributed by atoms with van der Waals surface area (Å²) >= 11 is 0. The summed E-state index contributed by atoms with van der Waals surface area (Å²) in [5.41, 5.74) is 7.30. The van der Waals surface area contributed by atoms with Crippen molar-refractivity contribution in [3.8, 4) is 0 Å². The molecule has 58 valence electrons. The molecule has 3 nitrogen and oxygen atoms in total. The molecule has 0 aliphatic carbocycles. The third-order valence-corrected chi connectivity index (χ3v) is 1.34. The fourth-order valence-electron chi connectivity index (χ4n) is 0.876. The molecule has 11 heavy (non-hydrogen) atoms. The average Bonchev–Trinajstić information content (AvgIpc) is 1.85. The summed E-state index contributed by atoms with van der Waals surface area (Å²) in [4.78, 5) is 14.8. The van der Waals surface area contributed by atoms with Gasteiger partial charge in [-0.25, -0.2) is 4.98 Å². The molecule has 0 spiro atoms. The summed E-state index contributed by atoms with van der Waals surface area (Å²) in [7, 11) is 0. The first-order valence-corrected chi connectivity index (χ1v) is 3.34. The maximum atomic E-state index is 10.8. The number of carbonyl (C=O) groups excluding carboxylic acids is 1. The van der Waals surface area contributed by atoms with Gasteiger partial charge in [-0.15, -0.1) is 0 Å². The number of ketones is 1. The summed E-state index contributed by atoms with van der Waals surface area (Å²) < 4.78 is 0. The van der Waals surface area contributed by atoms with E-state index in [1.807, 2.05) is 6.92 Å². The van der Waals surface area contributed by atoms with Crippen LogP contribution in [-0.2, 0) is 0 Å². The molecular weight excluding hydrogens is 140 g/mol. The van der Waals surface area contributed by atoms with Gasteiger partial charge in [-0.1, -0.05) is 0 Å². The highest BCUT2D eigenvalue weighted by molar-refractivity contribution is 5.92. The molecule has 1 rings (SSSR count). The first-order chi connectivity index (χ1) is 5.09. The van der Waals surface area contributed by atoms with E-state index in [1.54, 1.807) is 12.1 Å². The van der Waals surface area contributed by atoms with Crippen molar-refractivity contribution in [1.82, 2.24) is 4.98 Å². The van der Waals surface area contributed by atoms with Crippen LogP contribution in [0.25, 0.3) is 0 Å². The minimum Gasteiger partial charge on any atom is -0.399 e. The van der Waals surface area contributed by atoms with Gasteiger partial charge in [0.15, 0.2) is 5.78 Å². The predicted molar refractivity (Wildman–Crippen MR) is 43.4 cm³/mol. The lowest BCUT2D eigenvalue weighted by Crippen LogP contribution is -2.00. The van der Waals surface area contributed by atoms with Crippen molar-refractivity contribution >= 4 is 11.5 Å². The number of aromatic nitrogens is 1. The zero-order valence-electron chi connectivity index (χ0n) is 6.59. The maximum Gasteiger partial charge on any atom is 0.178 e. The van der Waals surface area contributed by atoms with Gasteiger partial charge in [0.2, 0.25) is 0 Å². The van der Waals surface area contributed by atoms with E-state index in [0.29, 0.717) is 11.4 Å². The number of anilines is 1. The number of rotatable bonds is 1. The van der Waals surface area contributed by atoms with Gasteiger partial charge in [0.1, 0.15) is 5.69 Å². The van der Waals surface area contributed by atoms with Gasteiger partial charge in [-0.05, 0) is 19.1 Å². The number of pyridine rings is 1. The van der Waals surface area contributed by atoms with Crippen molar-refractivity contribution in [3.05, 3.63) is 23.5 Å². The van der Waals surface area contributed by atoms with E-state index in [4.69, 9.17) is 5.73 Å². The van der Waals surface area contributed by atoms with Gasteiger partial charge in [0, 0.05) is 18.3 Å². The highest BCUT2D eigenvalue weighted by Gasteiger charge is 2.01. The first kappa shape index (κ1) is 7.72. The molecular formula is C8H10N2O. The Kier molecular flexibility index (Phi) is 1.89. The molecule has 0 saturated heterocycles. The monoisotopic (exact) mass is 150 g/mol. The Hall–Kier alpha value is -1.38. The van der Waals surface area contributed by atoms with Gasteiger partial charge in [-0.3, -0.25) is 4.79 Å². The molecule has 0 aliphatic heterocycles. The van der Waals surface area contributed by atoms with Crippen LogP contribution in [0.5, 0.6) is 0 Å². The lowest BCUT2D eigenvalue weighted by Gasteiger charge is -1.98. The quantitative estimate of drug-likeness (QED) is 0.611. The van der Waals surface area contributed by atoms with E-state index in [0.717, 1.165) is 5.69 Å². The van der Waals surface area contributed by atoms with Gasteiger partial charge in [0.05, 0.1) is 0 Å². The highest BCUT2D eigenvalue weighted by atomic mass is 16.1. The van der Waals surface area contributed by atoms with E-state index in [1.165, 1.54) is 6.92 Å². The topological polar surface area (TPSA) is 56.0 Å². The average molecular weight is 150 g/mol. The summed E-state index contributed by atoms with van der Waals surface area (Å²) in [6.45, 7) is 3.28. The van der Waals surface area contributed by atoms with E-state index in [2.05, 4.69) is 4.98 Å². The van der Waals surface area contributed by atoms with Crippen LogP contribution in [0, 0.1) is 6.92 Å².